The van der Waals surface area contributed by atoms with E-state index in [1.807, 2.05) is 0 Å². The number of nitrogens with zero attached hydrogens (tertiary/aromatic N) is 10. The molecule has 2 aliphatic rings. The van der Waals surface area contributed by atoms with Crippen LogP contribution in [0.2, 0.25) is 0 Å². The minimum absolute atomic E-state index is 0. The van der Waals surface area contributed by atoms with Crippen molar-refractivity contribution in [2.75, 3.05) is 0 Å². The molecule has 0 spiro atoms. The molecular weight excluding hydrogens is 1710 g/mol. The largest absolute Gasteiger partial charge is 2.00 e. The number of fused-ring (bicyclic) bond motifs is 22. The van der Waals surface area contributed by atoms with E-state index < -0.39 is 218 Å². The van der Waals surface area contributed by atoms with Crippen molar-refractivity contribution in [3.8, 4) is 113 Å². The van der Waals surface area contributed by atoms with Gasteiger partial charge >= 0.3 is 80.8 Å². The second-order valence-corrected chi connectivity index (χ2v) is 27.2. The fraction of sp³-hybridized carbons (Fsp3) is 0.100. The van der Waals surface area contributed by atoms with Crippen molar-refractivity contribution in [1.82, 2.24) is 59.8 Å². The van der Waals surface area contributed by atoms with Gasteiger partial charge in [-0.25, -0.2) is 29.5 Å². The zero-order chi connectivity index (χ0) is 85.7. The van der Waals surface area contributed by atoms with Crippen molar-refractivity contribution < 1.29 is 145 Å². The van der Waals surface area contributed by atoms with Crippen LogP contribution in [0.4, 0.5) is 105 Å². The number of halogens is 24. The molecule has 0 atom stereocenters. The van der Waals surface area contributed by atoms with Crippen molar-refractivity contribution >= 4 is 78.1 Å². The molecule has 0 fully saturated rings. The van der Waals surface area contributed by atoms with E-state index >= 15 is 105 Å². The van der Waals surface area contributed by atoms with E-state index in [0.717, 1.165) is 12.1 Å². The van der Waals surface area contributed by atoms with Crippen LogP contribution in [0.25, 0.3) is 179 Å². The molecule has 17 rings (SSSR count). The van der Waals surface area contributed by atoms with Gasteiger partial charge in [0.2, 0.25) is 0 Å². The van der Waals surface area contributed by atoms with E-state index in [2.05, 4.69) is 39.9 Å². The number of nitrogens with one attached hydrogen (secondary N) is 2. The normalized spacial score (nSPS) is 13.0. The number of alkyl halides is 24. The molecule has 0 amide bonds. The summed E-state index contributed by atoms with van der Waals surface area (Å²) < 4.78 is 363. The fourth-order valence-corrected chi connectivity index (χ4v) is 14.1. The van der Waals surface area contributed by atoms with E-state index in [1.165, 1.54) is 60.7 Å². The Morgan fingerprint density at radius 1 is 0.256 bits per heavy atom. The molecule has 121 heavy (non-hydrogen) atoms. The third kappa shape index (κ3) is 14.7. The van der Waals surface area contributed by atoms with E-state index in [9.17, 15) is 19.8 Å². The molecule has 10 aromatic carbocycles. The van der Waals surface area contributed by atoms with Gasteiger partial charge < -0.3 is 50.1 Å². The Labute approximate surface area is 667 Å². The van der Waals surface area contributed by atoms with Crippen LogP contribution in [0, 0.1) is 0 Å². The standard InChI is InChI=1S/C80H34F24N12O4.Zn/c81-73(82,83)37-13-33(14-38(21-37)74(84,85)86)45-9-11-47(35-17-41(77(93,94)95)23-42(18-35)78(96,97)98)59-57(45)67-111-63-49-25-53-54(106-61(105-53)29-1-5-31(6-2-29)71(117)118)26-50(49)64(109-63)112-68-58-46(34-15-39(75(87,88)89)22-40(16-34)76(90,91)92)10-12-48(36-19-43(79(99,100)101)24-44(20-36)80(102,103)104)60(58)70(116-68)114-66-52-28-56-55(27-51(52)65(110-66)113-69(59)115-67)107-62(108-56)30-3-7-32(8-4-30)72(119)120;/h1-28H,(H6,105,106,107,108,109,110,111,112,113,114,115,116,117,118,119,120);/q;+2/p-2. The molecule has 0 saturated carbocycles. The number of carboxylic acids is 2. The minimum Gasteiger partial charge on any atom is -0.478 e. The van der Waals surface area contributed by atoms with Crippen LogP contribution < -0.4 is 9.97 Å². The summed E-state index contributed by atoms with van der Waals surface area (Å²) in [6.45, 7) is 0. The first-order valence-electron chi connectivity index (χ1n) is 34.1. The maximum atomic E-state index is 15.1. The molecule has 606 valence electrons. The summed E-state index contributed by atoms with van der Waals surface area (Å²) in [4.78, 5) is 76.4. The summed E-state index contributed by atoms with van der Waals surface area (Å²) >= 11 is 0. The molecule has 4 N–H and O–H groups in total. The Balaban J connectivity index is 0.0000109. The number of H-pyrrole nitrogens is 2. The minimum atomic E-state index is -5.64. The number of imidazole rings is 2. The zero-order valence-corrected chi connectivity index (χ0v) is 62.1. The van der Waals surface area contributed by atoms with Gasteiger partial charge in [-0.1, -0.05) is 48.5 Å². The van der Waals surface area contributed by atoms with Gasteiger partial charge in [-0.2, -0.15) is 105 Å². The molecule has 7 heterocycles. The molecule has 16 nitrogen and oxygen atoms in total. The van der Waals surface area contributed by atoms with Gasteiger partial charge in [-0.3, -0.25) is 0 Å². The van der Waals surface area contributed by atoms with Crippen LogP contribution >= 0.6 is 0 Å². The molecule has 15 aromatic rings. The first-order chi connectivity index (χ1) is 56.0. The number of aromatic carboxylic acids is 2. The number of aromatic amines is 2. The Kier molecular flexibility index (Phi) is 18.6. The molecule has 2 aliphatic heterocycles. The van der Waals surface area contributed by atoms with Gasteiger partial charge in [0.1, 0.15) is 11.6 Å². The van der Waals surface area contributed by atoms with Gasteiger partial charge in [0.15, 0.2) is 0 Å². The second-order valence-electron chi connectivity index (χ2n) is 27.2. The SMILES string of the molecule is O=C(O)c1ccc(-c2nc3cc4c(cc3[nH]2)-c2nc-4nc3[n-]c(nc4nc(nc5[n-]c(n2)c2c(-c6cc(C(F)(F)F)cc(C(F)(F)F)c6)ccc(-c6cc(C(F)(F)F)cc(C(F)(F)F)c6)c52)-c2cc5nc(-c6ccc(C(=O)O)cc6)[nH]c5cc2-4)c2c(-c4cc(C(F)(F)F)cc(C(F)(F)F)c4)ccc(-c4cc(C(F)(F)F)cc(C(F)(F)F)c4)c32)cc1.[Zn+2]. The predicted molar refractivity (Wildman–Crippen MR) is 380 cm³/mol. The number of carboxylic acid groups (broad SMARTS) is 2. The van der Waals surface area contributed by atoms with Crippen molar-refractivity contribution in [2.45, 2.75) is 49.4 Å². The molecule has 0 radical (unpaired) electrons. The number of rotatable bonds is 8. The molecular formula is C80H32F24N12O4Zn. The first kappa shape index (κ1) is 81.1. The van der Waals surface area contributed by atoms with E-state index in [1.54, 1.807) is 0 Å². The molecule has 8 bridgehead atoms. The van der Waals surface area contributed by atoms with Crippen LogP contribution in [0.5, 0.6) is 0 Å². The van der Waals surface area contributed by atoms with Gasteiger partial charge in [-0.15, -0.1) is 0 Å². The van der Waals surface area contributed by atoms with Gasteiger partial charge in [0.05, 0.1) is 101 Å². The maximum Gasteiger partial charge on any atom is 2.00 e. The number of benzene rings is 10. The van der Waals surface area contributed by atoms with Crippen molar-refractivity contribution in [3.63, 3.8) is 0 Å². The van der Waals surface area contributed by atoms with Gasteiger partial charge in [-0.05, 0) is 166 Å². The topological polar surface area (TPSA) is 237 Å². The Hall–Kier alpha value is -13.6. The van der Waals surface area contributed by atoms with Crippen LogP contribution in [0.3, 0.4) is 0 Å². The van der Waals surface area contributed by atoms with Crippen molar-refractivity contribution in [1.29, 1.82) is 0 Å². The molecule has 0 aliphatic carbocycles. The third-order valence-corrected chi connectivity index (χ3v) is 19.6. The van der Waals surface area contributed by atoms with Crippen LogP contribution in [0.15, 0.2) is 170 Å². The summed E-state index contributed by atoms with van der Waals surface area (Å²) in [6.07, 6.45) is -45.1. The fourth-order valence-electron chi connectivity index (χ4n) is 14.1. The average Bonchev–Trinajstić information content (AvgIpc) is 1.59. The summed E-state index contributed by atoms with van der Waals surface area (Å²) in [5.74, 6) is -6.00. The Morgan fingerprint density at radius 3 is 0.678 bits per heavy atom. The van der Waals surface area contributed by atoms with Gasteiger partial charge in [0.25, 0.3) is 0 Å². The summed E-state index contributed by atoms with van der Waals surface area (Å²) in [7, 11) is 0. The first-order valence-corrected chi connectivity index (χ1v) is 34.1. The van der Waals surface area contributed by atoms with Crippen LogP contribution in [-0.4, -0.2) is 72.0 Å². The van der Waals surface area contributed by atoms with E-state index in [-0.39, 0.29) is 170 Å². The monoisotopic (exact) mass is 1740 g/mol. The number of carbonyl (C=O) groups is 2. The van der Waals surface area contributed by atoms with Gasteiger partial charge in [0, 0.05) is 77.5 Å². The van der Waals surface area contributed by atoms with Crippen molar-refractivity contribution in [2.24, 2.45) is 0 Å². The van der Waals surface area contributed by atoms with E-state index in [4.69, 9.17) is 19.9 Å². The third-order valence-electron chi connectivity index (χ3n) is 19.6. The summed E-state index contributed by atoms with van der Waals surface area (Å²) in [5.41, 5.74) is -29.2. The predicted octanol–water partition coefficient (Wildman–Crippen LogP) is 23.4. The second kappa shape index (κ2) is 27.7. The smallest absolute Gasteiger partial charge is 0.478 e. The Morgan fingerprint density at radius 2 is 0.471 bits per heavy atom. The van der Waals surface area contributed by atoms with Crippen molar-refractivity contribution in [3.05, 3.63) is 225 Å². The van der Waals surface area contributed by atoms with Crippen LogP contribution in [-0.2, 0) is 68.9 Å². The molecule has 41 heteroatoms. The maximum absolute atomic E-state index is 15.1. The molecule has 0 unspecified atom stereocenters. The average molecular weight is 1750 g/mol. The summed E-state index contributed by atoms with van der Waals surface area (Å²) in [6, 6.07) is 17.7. The number of hydrogen-bond acceptors (Lipinski definition) is 10. The van der Waals surface area contributed by atoms with Crippen LogP contribution in [0.1, 0.15) is 65.2 Å². The summed E-state index contributed by atoms with van der Waals surface area (Å²) in [5, 5.41) is 16.0. The number of aromatic nitrogens is 12. The number of hydrogen-bond donors (Lipinski definition) is 4. The molecule has 5 aromatic heterocycles. The quantitative estimate of drug-likeness (QED) is 0.0818. The Bertz CT molecular complexity index is 6220. The zero-order valence-electron chi connectivity index (χ0n) is 59.1. The van der Waals surface area contributed by atoms with E-state index in [0.29, 0.717) is 24.3 Å². The molecule has 0 saturated heterocycles.